The smallest absolute Gasteiger partial charge is 0.254 e. The standard InChI is InChI=1S/C24H32N4O/c1-18-8-11-28(12-9-18)24(29)21-7-10-25-23(17-21)27-15-13-26(14-16-27)22-6-4-5-19(2)20(22)3/h4-7,10,17-18H,8-9,11-16H2,1-3H3. The summed E-state index contributed by atoms with van der Waals surface area (Å²) < 4.78 is 0. The molecule has 2 fully saturated rings. The first kappa shape index (κ1) is 19.7. The van der Waals surface area contributed by atoms with Gasteiger partial charge in [-0.1, -0.05) is 19.1 Å². The lowest BCUT2D eigenvalue weighted by Gasteiger charge is -2.37. The van der Waals surface area contributed by atoms with Crippen LogP contribution < -0.4 is 9.80 Å². The summed E-state index contributed by atoms with van der Waals surface area (Å²) in [7, 11) is 0. The topological polar surface area (TPSA) is 39.7 Å². The summed E-state index contributed by atoms with van der Waals surface area (Å²) in [5.74, 6) is 1.79. The Morgan fingerprint density at radius 3 is 2.38 bits per heavy atom. The molecule has 1 aromatic carbocycles. The van der Waals surface area contributed by atoms with Gasteiger partial charge in [0.2, 0.25) is 0 Å². The molecule has 0 bridgehead atoms. The second-order valence-corrected chi connectivity index (χ2v) is 8.57. The first-order valence-corrected chi connectivity index (χ1v) is 10.8. The summed E-state index contributed by atoms with van der Waals surface area (Å²) in [5, 5.41) is 0. The Balaban J connectivity index is 1.42. The minimum atomic E-state index is 0.148. The van der Waals surface area contributed by atoms with Crippen LogP contribution in [0.1, 0.15) is 41.3 Å². The van der Waals surface area contributed by atoms with E-state index in [1.165, 1.54) is 16.8 Å². The average molecular weight is 393 g/mol. The first-order valence-electron chi connectivity index (χ1n) is 10.8. The molecule has 29 heavy (non-hydrogen) atoms. The number of piperazine rings is 1. The lowest BCUT2D eigenvalue weighted by atomic mass is 9.99. The van der Waals surface area contributed by atoms with E-state index in [2.05, 4.69) is 53.8 Å². The van der Waals surface area contributed by atoms with Crippen LogP contribution in [0.25, 0.3) is 0 Å². The van der Waals surface area contributed by atoms with Crippen molar-refractivity contribution < 1.29 is 4.79 Å². The molecule has 4 rings (SSSR count). The monoisotopic (exact) mass is 392 g/mol. The summed E-state index contributed by atoms with van der Waals surface area (Å²) in [4.78, 5) is 24.2. The van der Waals surface area contributed by atoms with E-state index in [1.54, 1.807) is 6.20 Å². The maximum absolute atomic E-state index is 12.9. The number of hydrogen-bond donors (Lipinski definition) is 0. The van der Waals surface area contributed by atoms with Crippen LogP contribution in [0.2, 0.25) is 0 Å². The van der Waals surface area contributed by atoms with Crippen molar-refractivity contribution in [3.63, 3.8) is 0 Å². The number of carbonyl (C=O) groups excluding carboxylic acids is 1. The number of piperidine rings is 1. The van der Waals surface area contributed by atoms with Crippen molar-refractivity contribution in [3.8, 4) is 0 Å². The van der Waals surface area contributed by atoms with Gasteiger partial charge in [0.25, 0.3) is 5.91 Å². The van der Waals surface area contributed by atoms with Gasteiger partial charge in [0.1, 0.15) is 5.82 Å². The molecular formula is C24H32N4O. The number of hydrogen-bond acceptors (Lipinski definition) is 4. The molecule has 0 radical (unpaired) electrons. The Bertz CT molecular complexity index is 865. The Morgan fingerprint density at radius 2 is 1.66 bits per heavy atom. The quantitative estimate of drug-likeness (QED) is 0.794. The zero-order valence-corrected chi connectivity index (χ0v) is 17.9. The maximum Gasteiger partial charge on any atom is 0.254 e. The third-order valence-electron chi connectivity index (χ3n) is 6.58. The van der Waals surface area contributed by atoms with E-state index in [-0.39, 0.29) is 5.91 Å². The number of amides is 1. The summed E-state index contributed by atoms with van der Waals surface area (Å²) in [6, 6.07) is 10.4. The van der Waals surface area contributed by atoms with Crippen LogP contribution in [0, 0.1) is 19.8 Å². The van der Waals surface area contributed by atoms with Crippen LogP contribution in [-0.4, -0.2) is 55.1 Å². The SMILES string of the molecule is Cc1cccc(N2CCN(c3cc(C(=O)N4CCC(C)CC4)ccn3)CC2)c1C. The highest BCUT2D eigenvalue weighted by atomic mass is 16.2. The molecule has 0 atom stereocenters. The number of pyridine rings is 1. The van der Waals surface area contributed by atoms with Gasteiger partial charge in [0.15, 0.2) is 0 Å². The van der Waals surface area contributed by atoms with Crippen molar-refractivity contribution in [1.29, 1.82) is 0 Å². The summed E-state index contributed by atoms with van der Waals surface area (Å²) in [6.07, 6.45) is 3.99. The maximum atomic E-state index is 12.9. The minimum absolute atomic E-state index is 0.148. The van der Waals surface area contributed by atoms with Crippen LogP contribution >= 0.6 is 0 Å². The number of benzene rings is 1. The Kier molecular flexibility index (Phi) is 5.74. The molecule has 0 aliphatic carbocycles. The predicted molar refractivity (Wildman–Crippen MR) is 119 cm³/mol. The van der Waals surface area contributed by atoms with Crippen molar-refractivity contribution in [3.05, 3.63) is 53.2 Å². The number of carbonyl (C=O) groups is 1. The first-order chi connectivity index (χ1) is 14.0. The van der Waals surface area contributed by atoms with Gasteiger partial charge < -0.3 is 14.7 Å². The van der Waals surface area contributed by atoms with Crippen LogP contribution in [0.15, 0.2) is 36.5 Å². The molecule has 5 heteroatoms. The van der Waals surface area contributed by atoms with E-state index < -0.39 is 0 Å². The van der Waals surface area contributed by atoms with Crippen LogP contribution in [0.4, 0.5) is 11.5 Å². The Labute approximate surface area is 174 Å². The van der Waals surface area contributed by atoms with Crippen molar-refractivity contribution in [2.75, 3.05) is 49.1 Å². The van der Waals surface area contributed by atoms with Gasteiger partial charge in [0, 0.05) is 56.7 Å². The number of likely N-dealkylation sites (tertiary alicyclic amines) is 1. The Hall–Kier alpha value is -2.56. The molecule has 0 saturated carbocycles. The van der Waals surface area contributed by atoms with Gasteiger partial charge in [-0.25, -0.2) is 4.98 Å². The third kappa shape index (κ3) is 4.24. The van der Waals surface area contributed by atoms with Gasteiger partial charge >= 0.3 is 0 Å². The summed E-state index contributed by atoms with van der Waals surface area (Å²) >= 11 is 0. The highest BCUT2D eigenvalue weighted by molar-refractivity contribution is 5.95. The van der Waals surface area contributed by atoms with E-state index in [0.717, 1.165) is 69.4 Å². The molecule has 2 aromatic rings. The van der Waals surface area contributed by atoms with E-state index >= 15 is 0 Å². The lowest BCUT2D eigenvalue weighted by molar-refractivity contribution is 0.0697. The zero-order chi connectivity index (χ0) is 20.4. The second kappa shape index (κ2) is 8.44. The number of rotatable bonds is 3. The summed E-state index contributed by atoms with van der Waals surface area (Å²) in [6.45, 7) is 12.1. The highest BCUT2D eigenvalue weighted by Crippen LogP contribution is 2.25. The molecule has 154 valence electrons. The predicted octanol–water partition coefficient (Wildman–Crippen LogP) is 3.90. The van der Waals surface area contributed by atoms with E-state index in [4.69, 9.17) is 0 Å². The van der Waals surface area contributed by atoms with E-state index in [9.17, 15) is 4.79 Å². The zero-order valence-electron chi connectivity index (χ0n) is 17.9. The molecule has 1 aromatic heterocycles. The van der Waals surface area contributed by atoms with Crippen molar-refractivity contribution in [2.24, 2.45) is 5.92 Å². The van der Waals surface area contributed by atoms with Gasteiger partial charge in [-0.15, -0.1) is 0 Å². The largest absolute Gasteiger partial charge is 0.368 e. The number of anilines is 2. The molecular weight excluding hydrogens is 360 g/mol. The highest BCUT2D eigenvalue weighted by Gasteiger charge is 2.24. The van der Waals surface area contributed by atoms with Crippen LogP contribution in [-0.2, 0) is 0 Å². The third-order valence-corrected chi connectivity index (χ3v) is 6.58. The van der Waals surface area contributed by atoms with Crippen LogP contribution in [0.5, 0.6) is 0 Å². The fourth-order valence-corrected chi connectivity index (χ4v) is 4.37. The molecule has 5 nitrogen and oxygen atoms in total. The normalized spacial score (nSPS) is 18.2. The minimum Gasteiger partial charge on any atom is -0.368 e. The fraction of sp³-hybridized carbons (Fsp3) is 0.500. The van der Waals surface area contributed by atoms with Crippen molar-refractivity contribution >= 4 is 17.4 Å². The van der Waals surface area contributed by atoms with Crippen LogP contribution in [0.3, 0.4) is 0 Å². The number of aryl methyl sites for hydroxylation is 1. The van der Waals surface area contributed by atoms with Gasteiger partial charge in [-0.05, 0) is 61.9 Å². The molecule has 2 aliphatic rings. The molecule has 3 heterocycles. The average Bonchev–Trinajstić information content (AvgIpc) is 2.76. The summed E-state index contributed by atoms with van der Waals surface area (Å²) in [5.41, 5.74) is 4.80. The molecule has 0 N–H and O–H groups in total. The molecule has 2 saturated heterocycles. The second-order valence-electron chi connectivity index (χ2n) is 8.57. The number of nitrogens with zero attached hydrogens (tertiary/aromatic N) is 4. The van der Waals surface area contributed by atoms with E-state index in [0.29, 0.717) is 0 Å². The van der Waals surface area contributed by atoms with Gasteiger partial charge in [0.05, 0.1) is 0 Å². The van der Waals surface area contributed by atoms with Gasteiger partial charge in [-0.2, -0.15) is 0 Å². The number of aromatic nitrogens is 1. The van der Waals surface area contributed by atoms with Crippen molar-refractivity contribution in [1.82, 2.24) is 9.88 Å². The van der Waals surface area contributed by atoms with Gasteiger partial charge in [-0.3, -0.25) is 4.79 Å². The lowest BCUT2D eigenvalue weighted by Crippen LogP contribution is -2.47. The van der Waals surface area contributed by atoms with Crippen molar-refractivity contribution in [2.45, 2.75) is 33.6 Å². The molecule has 0 unspecified atom stereocenters. The molecule has 0 spiro atoms. The fourth-order valence-electron chi connectivity index (χ4n) is 4.37. The Morgan fingerprint density at radius 1 is 0.966 bits per heavy atom. The van der Waals surface area contributed by atoms with E-state index in [1.807, 2.05) is 17.0 Å². The molecule has 1 amide bonds. The molecule has 2 aliphatic heterocycles.